The Hall–Kier alpha value is -2.83. The average Bonchev–Trinajstić information content (AvgIpc) is 2.73. The largest absolute Gasteiger partial charge is 0.486 e. The lowest BCUT2D eigenvalue weighted by Gasteiger charge is -2.35. The molecule has 4 rings (SSSR count). The maximum atomic E-state index is 12.8. The molecule has 1 aromatic carbocycles. The van der Waals surface area contributed by atoms with Gasteiger partial charge in [0, 0.05) is 36.7 Å². The van der Waals surface area contributed by atoms with Crippen molar-refractivity contribution in [3.05, 3.63) is 36.2 Å². The first kappa shape index (κ1) is 17.6. The topological polar surface area (TPSA) is 76.6 Å². The normalized spacial score (nSPS) is 18.9. The number of benzene rings is 1. The van der Waals surface area contributed by atoms with Gasteiger partial charge in [-0.1, -0.05) is 6.92 Å². The number of carbonyl (C=O) groups is 1. The van der Waals surface area contributed by atoms with E-state index in [1.54, 1.807) is 12.4 Å². The van der Waals surface area contributed by atoms with Crippen LogP contribution in [0.15, 0.2) is 30.6 Å². The fourth-order valence-electron chi connectivity index (χ4n) is 3.61. The van der Waals surface area contributed by atoms with Crippen molar-refractivity contribution in [2.45, 2.75) is 38.6 Å². The number of anilines is 2. The lowest BCUT2D eigenvalue weighted by atomic mass is 9.99. The van der Waals surface area contributed by atoms with Crippen molar-refractivity contribution in [1.82, 2.24) is 14.9 Å². The molecule has 7 nitrogen and oxygen atoms in total. The predicted octanol–water partition coefficient (Wildman–Crippen LogP) is 3.40. The van der Waals surface area contributed by atoms with Gasteiger partial charge in [0.25, 0.3) is 5.91 Å². The zero-order chi connectivity index (χ0) is 18.6. The number of nitrogens with zero attached hydrogens (tertiary/aromatic N) is 3. The summed E-state index contributed by atoms with van der Waals surface area (Å²) in [5, 5.41) is 3.14. The maximum Gasteiger partial charge on any atom is 0.257 e. The molecule has 1 saturated heterocycles. The van der Waals surface area contributed by atoms with Crippen LogP contribution in [0.2, 0.25) is 0 Å². The molecule has 0 bridgehead atoms. The molecule has 1 atom stereocenters. The molecule has 3 heterocycles. The van der Waals surface area contributed by atoms with Gasteiger partial charge in [-0.2, -0.15) is 0 Å². The predicted molar refractivity (Wildman–Crippen MR) is 102 cm³/mol. The summed E-state index contributed by atoms with van der Waals surface area (Å²) in [6.45, 7) is 4.05. The summed E-state index contributed by atoms with van der Waals surface area (Å²) in [4.78, 5) is 23.4. The number of aromatic nitrogens is 2. The van der Waals surface area contributed by atoms with E-state index in [-0.39, 0.29) is 5.91 Å². The number of likely N-dealkylation sites (tertiary alicyclic amines) is 1. The van der Waals surface area contributed by atoms with Gasteiger partial charge in [-0.3, -0.25) is 4.79 Å². The van der Waals surface area contributed by atoms with Crippen LogP contribution in [-0.2, 0) is 0 Å². The Morgan fingerprint density at radius 1 is 1.19 bits per heavy atom. The summed E-state index contributed by atoms with van der Waals surface area (Å²) in [7, 11) is 0. The quantitative estimate of drug-likeness (QED) is 0.891. The average molecular weight is 368 g/mol. The molecular formula is C20H24N4O3. The summed E-state index contributed by atoms with van der Waals surface area (Å²) in [6.07, 6.45) is 7.50. The van der Waals surface area contributed by atoms with Crippen molar-refractivity contribution in [3.63, 3.8) is 0 Å². The van der Waals surface area contributed by atoms with Gasteiger partial charge in [-0.25, -0.2) is 9.97 Å². The van der Waals surface area contributed by atoms with Crippen LogP contribution in [0.4, 0.5) is 11.6 Å². The van der Waals surface area contributed by atoms with Crippen molar-refractivity contribution < 1.29 is 14.3 Å². The second-order valence-electron chi connectivity index (χ2n) is 6.84. The zero-order valence-electron chi connectivity index (χ0n) is 15.5. The van der Waals surface area contributed by atoms with E-state index in [1.165, 1.54) is 6.42 Å². The van der Waals surface area contributed by atoms with Crippen LogP contribution in [0.5, 0.6) is 11.5 Å². The highest BCUT2D eigenvalue weighted by molar-refractivity contribution is 5.94. The number of fused-ring (bicyclic) bond motifs is 1. The molecule has 2 aliphatic rings. The third-order valence-electron chi connectivity index (χ3n) is 5.06. The van der Waals surface area contributed by atoms with E-state index in [9.17, 15) is 4.79 Å². The molecule has 1 amide bonds. The Kier molecular flexibility index (Phi) is 5.09. The van der Waals surface area contributed by atoms with E-state index in [1.807, 2.05) is 23.1 Å². The van der Waals surface area contributed by atoms with E-state index in [2.05, 4.69) is 22.2 Å². The molecule has 2 aliphatic heterocycles. The first-order valence-corrected chi connectivity index (χ1v) is 9.54. The molecule has 2 aromatic rings. The van der Waals surface area contributed by atoms with Crippen LogP contribution in [0.3, 0.4) is 0 Å². The molecule has 0 aliphatic carbocycles. The fourth-order valence-corrected chi connectivity index (χ4v) is 3.61. The summed E-state index contributed by atoms with van der Waals surface area (Å²) in [5.41, 5.74) is 1.34. The zero-order valence-corrected chi connectivity index (χ0v) is 15.5. The number of rotatable bonds is 4. The monoisotopic (exact) mass is 368 g/mol. The van der Waals surface area contributed by atoms with Crippen LogP contribution in [0, 0.1) is 0 Å². The van der Waals surface area contributed by atoms with Gasteiger partial charge in [0.2, 0.25) is 5.95 Å². The number of nitrogens with one attached hydrogen (secondary N) is 1. The van der Waals surface area contributed by atoms with Crippen LogP contribution in [0.1, 0.15) is 43.0 Å². The summed E-state index contributed by atoms with van der Waals surface area (Å²) in [6, 6.07) is 5.92. The van der Waals surface area contributed by atoms with Gasteiger partial charge in [-0.15, -0.1) is 0 Å². The maximum absolute atomic E-state index is 12.8. The van der Waals surface area contributed by atoms with Gasteiger partial charge in [0.15, 0.2) is 11.5 Å². The standard InChI is InChI=1S/C20H24N4O3/c1-2-16-5-3-4-8-24(16)19(25)14-12-21-20(22-13-14)23-15-6-7-17-18(11-15)27-10-9-26-17/h6-7,11-13,16H,2-5,8-10H2,1H3,(H,21,22,23). The minimum atomic E-state index is 0.0208. The number of piperidine rings is 1. The molecule has 0 saturated carbocycles. The molecule has 142 valence electrons. The molecule has 27 heavy (non-hydrogen) atoms. The summed E-state index contributed by atoms with van der Waals surface area (Å²) in [5.74, 6) is 1.90. The molecule has 1 N–H and O–H groups in total. The molecule has 1 fully saturated rings. The molecule has 0 radical (unpaired) electrons. The minimum absolute atomic E-state index is 0.0208. The SMILES string of the molecule is CCC1CCCCN1C(=O)c1cnc(Nc2ccc3c(c2)OCCO3)nc1. The van der Waals surface area contributed by atoms with Gasteiger partial charge >= 0.3 is 0 Å². The Labute approximate surface area is 158 Å². The van der Waals surface area contributed by atoms with E-state index in [0.717, 1.165) is 37.2 Å². The Bertz CT molecular complexity index is 809. The van der Waals surface area contributed by atoms with Gasteiger partial charge in [-0.05, 0) is 37.8 Å². The Balaban J connectivity index is 1.45. The van der Waals surface area contributed by atoms with E-state index in [0.29, 0.717) is 36.5 Å². The second-order valence-corrected chi connectivity index (χ2v) is 6.84. The third-order valence-corrected chi connectivity index (χ3v) is 5.06. The van der Waals surface area contributed by atoms with E-state index < -0.39 is 0 Å². The number of hydrogen-bond acceptors (Lipinski definition) is 6. The summed E-state index contributed by atoms with van der Waals surface area (Å²) >= 11 is 0. The fraction of sp³-hybridized carbons (Fsp3) is 0.450. The number of hydrogen-bond donors (Lipinski definition) is 1. The van der Waals surface area contributed by atoms with Gasteiger partial charge in [0.1, 0.15) is 13.2 Å². The Morgan fingerprint density at radius 2 is 1.96 bits per heavy atom. The van der Waals surface area contributed by atoms with Crippen LogP contribution < -0.4 is 14.8 Å². The smallest absolute Gasteiger partial charge is 0.257 e. The molecule has 1 aromatic heterocycles. The van der Waals surface area contributed by atoms with E-state index in [4.69, 9.17) is 9.47 Å². The van der Waals surface area contributed by atoms with Gasteiger partial charge < -0.3 is 19.7 Å². The van der Waals surface area contributed by atoms with Crippen LogP contribution in [-0.4, -0.2) is 46.6 Å². The number of amides is 1. The minimum Gasteiger partial charge on any atom is -0.486 e. The van der Waals surface area contributed by atoms with Crippen molar-refractivity contribution in [2.24, 2.45) is 0 Å². The molecular weight excluding hydrogens is 344 g/mol. The summed E-state index contributed by atoms with van der Waals surface area (Å²) < 4.78 is 11.1. The third kappa shape index (κ3) is 3.82. The lowest BCUT2D eigenvalue weighted by Crippen LogP contribution is -2.43. The molecule has 0 spiro atoms. The highest BCUT2D eigenvalue weighted by Crippen LogP contribution is 2.33. The molecule has 7 heteroatoms. The van der Waals surface area contributed by atoms with Crippen molar-refractivity contribution in [3.8, 4) is 11.5 Å². The highest BCUT2D eigenvalue weighted by Gasteiger charge is 2.26. The highest BCUT2D eigenvalue weighted by atomic mass is 16.6. The van der Waals surface area contributed by atoms with Crippen molar-refractivity contribution >= 4 is 17.5 Å². The van der Waals surface area contributed by atoms with Crippen LogP contribution >= 0.6 is 0 Å². The number of carbonyl (C=O) groups excluding carboxylic acids is 1. The Morgan fingerprint density at radius 3 is 2.74 bits per heavy atom. The van der Waals surface area contributed by atoms with E-state index >= 15 is 0 Å². The van der Waals surface area contributed by atoms with Crippen molar-refractivity contribution in [1.29, 1.82) is 0 Å². The molecule has 1 unspecified atom stereocenters. The lowest BCUT2D eigenvalue weighted by molar-refractivity contribution is 0.0607. The first-order chi connectivity index (χ1) is 13.2. The first-order valence-electron chi connectivity index (χ1n) is 9.54. The van der Waals surface area contributed by atoms with Crippen LogP contribution in [0.25, 0.3) is 0 Å². The number of ether oxygens (including phenoxy) is 2. The van der Waals surface area contributed by atoms with Gasteiger partial charge in [0.05, 0.1) is 5.56 Å². The second kappa shape index (κ2) is 7.82. The van der Waals surface area contributed by atoms with Crippen molar-refractivity contribution in [2.75, 3.05) is 25.1 Å².